The molecule has 0 aromatic carbocycles. The Morgan fingerprint density at radius 2 is 2.17 bits per heavy atom. The molecule has 7 nitrogen and oxygen atoms in total. The number of hydrogen-bond donors (Lipinski definition) is 1. The summed E-state index contributed by atoms with van der Waals surface area (Å²) in [5.74, 6) is 0.236. The molecule has 23 heavy (non-hydrogen) atoms. The Kier molecular flexibility index (Phi) is 4.88. The van der Waals surface area contributed by atoms with Crippen LogP contribution in [0.3, 0.4) is 0 Å². The zero-order valence-corrected chi connectivity index (χ0v) is 13.2. The van der Waals surface area contributed by atoms with Crippen molar-refractivity contribution in [3.63, 3.8) is 0 Å². The molecule has 0 bridgehead atoms. The van der Waals surface area contributed by atoms with Crippen molar-refractivity contribution in [3.05, 3.63) is 31.9 Å². The Morgan fingerprint density at radius 1 is 1.48 bits per heavy atom. The van der Waals surface area contributed by atoms with Gasteiger partial charge in [-0.2, -0.15) is 18.3 Å². The monoisotopic (exact) mass is 349 g/mol. The second-order valence-electron chi connectivity index (χ2n) is 4.68. The van der Waals surface area contributed by atoms with Crippen molar-refractivity contribution in [2.45, 2.75) is 25.9 Å². The molecule has 2 heterocycles. The number of nitrogens with zero attached hydrogens (tertiary/aromatic N) is 4. The van der Waals surface area contributed by atoms with Crippen LogP contribution >= 0.6 is 11.3 Å². The van der Waals surface area contributed by atoms with Gasteiger partial charge in [-0.25, -0.2) is 9.67 Å². The molecular formula is C12H14F3N5O2S. The number of aromatic nitrogens is 3. The highest BCUT2D eigenvalue weighted by Gasteiger charge is 2.33. The first-order valence-corrected chi connectivity index (χ1v) is 7.57. The summed E-state index contributed by atoms with van der Waals surface area (Å²) < 4.78 is 38.8. The molecule has 11 heteroatoms. The molecule has 0 saturated heterocycles. The van der Waals surface area contributed by atoms with Crippen LogP contribution in [0.5, 0.6) is 0 Å². The first-order chi connectivity index (χ1) is 10.7. The average Bonchev–Trinajstić information content (AvgIpc) is 3.03. The number of hydrogen-bond acceptors (Lipinski definition) is 6. The Labute approximate surface area is 133 Å². The molecule has 2 aromatic heterocycles. The molecule has 0 saturated carbocycles. The van der Waals surface area contributed by atoms with E-state index in [0.717, 1.165) is 16.7 Å². The summed E-state index contributed by atoms with van der Waals surface area (Å²) in [6.07, 6.45) is -3.82. The van der Waals surface area contributed by atoms with Gasteiger partial charge in [0.25, 0.3) is 0 Å². The number of alkyl halides is 3. The van der Waals surface area contributed by atoms with Crippen molar-refractivity contribution in [2.24, 2.45) is 7.05 Å². The average molecular weight is 349 g/mol. The van der Waals surface area contributed by atoms with Crippen LogP contribution in [0, 0.1) is 10.1 Å². The lowest BCUT2D eigenvalue weighted by molar-refractivity contribution is -0.384. The standard InChI is InChI=1S/C12H14F3N5O2S/c1-3-7-10(20(21)22)11(19(2)18-7)16-5-4-9-17-8(6-23-9)12(13,14)15/h6,16H,3-5H2,1-2H3. The highest BCUT2D eigenvalue weighted by atomic mass is 32.1. The topological polar surface area (TPSA) is 85.9 Å². The number of nitrogens with one attached hydrogen (secondary N) is 1. The predicted octanol–water partition coefficient (Wildman–Crippen LogP) is 3.02. The third-order valence-electron chi connectivity index (χ3n) is 3.08. The minimum absolute atomic E-state index is 0.106. The zero-order chi connectivity index (χ0) is 17.2. The molecule has 0 fully saturated rings. The fourth-order valence-electron chi connectivity index (χ4n) is 2.04. The maximum absolute atomic E-state index is 12.5. The van der Waals surface area contributed by atoms with E-state index in [-0.39, 0.29) is 24.5 Å². The van der Waals surface area contributed by atoms with E-state index < -0.39 is 16.8 Å². The molecule has 2 rings (SSSR count). The third-order valence-corrected chi connectivity index (χ3v) is 3.99. The summed E-state index contributed by atoms with van der Waals surface area (Å²) in [5, 5.41) is 19.3. The van der Waals surface area contributed by atoms with Crippen LogP contribution in [0.4, 0.5) is 24.7 Å². The second-order valence-corrected chi connectivity index (χ2v) is 5.62. The molecule has 0 unspecified atom stereocenters. The lowest BCUT2D eigenvalue weighted by Gasteiger charge is -2.05. The fraction of sp³-hybridized carbons (Fsp3) is 0.500. The van der Waals surface area contributed by atoms with Crippen molar-refractivity contribution in [2.75, 3.05) is 11.9 Å². The Balaban J connectivity index is 2.06. The molecule has 0 atom stereocenters. The number of halogens is 3. The first kappa shape index (κ1) is 17.2. The van der Waals surface area contributed by atoms with Crippen LogP contribution in [0.2, 0.25) is 0 Å². The van der Waals surface area contributed by atoms with E-state index in [9.17, 15) is 23.3 Å². The second kappa shape index (κ2) is 6.52. The van der Waals surface area contributed by atoms with Gasteiger partial charge >= 0.3 is 11.9 Å². The number of anilines is 1. The molecular weight excluding hydrogens is 335 g/mol. The van der Waals surface area contributed by atoms with Crippen molar-refractivity contribution < 1.29 is 18.1 Å². The lowest BCUT2D eigenvalue weighted by atomic mass is 10.3. The van der Waals surface area contributed by atoms with Gasteiger partial charge in [-0.3, -0.25) is 10.1 Å². The molecule has 0 spiro atoms. The smallest absolute Gasteiger partial charge is 0.364 e. The van der Waals surface area contributed by atoms with Gasteiger partial charge in [-0.1, -0.05) is 6.92 Å². The van der Waals surface area contributed by atoms with Gasteiger partial charge in [-0.05, 0) is 6.42 Å². The number of thiazole rings is 1. The van der Waals surface area contributed by atoms with Crippen molar-refractivity contribution in [1.29, 1.82) is 0 Å². The minimum atomic E-state index is -4.46. The van der Waals surface area contributed by atoms with Gasteiger partial charge in [-0.15, -0.1) is 11.3 Å². The predicted molar refractivity (Wildman–Crippen MR) is 78.6 cm³/mol. The maximum Gasteiger partial charge on any atom is 0.434 e. The van der Waals surface area contributed by atoms with Gasteiger partial charge in [0.2, 0.25) is 5.82 Å². The van der Waals surface area contributed by atoms with Crippen molar-refractivity contribution >= 4 is 22.8 Å². The minimum Gasteiger partial charge on any atom is -0.364 e. The van der Waals surface area contributed by atoms with E-state index in [1.54, 1.807) is 14.0 Å². The summed E-state index contributed by atoms with van der Waals surface area (Å²) in [4.78, 5) is 14.1. The van der Waals surface area contributed by atoms with Gasteiger partial charge in [0.05, 0.1) is 9.93 Å². The van der Waals surface area contributed by atoms with Gasteiger partial charge in [0.1, 0.15) is 5.69 Å². The van der Waals surface area contributed by atoms with Crippen molar-refractivity contribution in [1.82, 2.24) is 14.8 Å². The van der Waals surface area contributed by atoms with Gasteiger partial charge in [0.15, 0.2) is 5.69 Å². The van der Waals surface area contributed by atoms with E-state index in [2.05, 4.69) is 15.4 Å². The maximum atomic E-state index is 12.5. The molecule has 0 amide bonds. The van der Waals surface area contributed by atoms with E-state index in [1.807, 2.05) is 0 Å². The molecule has 0 radical (unpaired) electrons. The van der Waals surface area contributed by atoms with E-state index >= 15 is 0 Å². The molecule has 0 aliphatic heterocycles. The fourth-order valence-corrected chi connectivity index (χ4v) is 2.85. The number of aryl methyl sites for hydroxylation is 2. The van der Waals surface area contributed by atoms with Crippen LogP contribution in [-0.4, -0.2) is 26.2 Å². The number of nitro groups is 1. The highest BCUT2D eigenvalue weighted by molar-refractivity contribution is 7.09. The molecule has 0 aliphatic rings. The lowest BCUT2D eigenvalue weighted by Crippen LogP contribution is -2.10. The van der Waals surface area contributed by atoms with Crippen molar-refractivity contribution in [3.8, 4) is 0 Å². The SMILES string of the molecule is CCc1nn(C)c(NCCc2nc(C(F)(F)F)cs2)c1[N+](=O)[O-]. The zero-order valence-electron chi connectivity index (χ0n) is 12.3. The summed E-state index contributed by atoms with van der Waals surface area (Å²) in [5.41, 5.74) is -0.670. The van der Waals surface area contributed by atoms with Crippen LogP contribution in [0.15, 0.2) is 5.38 Å². The Hall–Kier alpha value is -2.17. The van der Waals surface area contributed by atoms with Gasteiger partial charge in [0, 0.05) is 25.4 Å². The summed E-state index contributed by atoms with van der Waals surface area (Å²) in [7, 11) is 1.57. The quantitative estimate of drug-likeness (QED) is 0.640. The first-order valence-electron chi connectivity index (χ1n) is 6.69. The molecule has 1 N–H and O–H groups in total. The highest BCUT2D eigenvalue weighted by Crippen LogP contribution is 2.31. The van der Waals surface area contributed by atoms with Crippen LogP contribution in [-0.2, 0) is 26.1 Å². The van der Waals surface area contributed by atoms with Crippen LogP contribution in [0.25, 0.3) is 0 Å². The summed E-state index contributed by atoms with van der Waals surface area (Å²) in [6, 6.07) is 0. The molecule has 0 aliphatic carbocycles. The van der Waals surface area contributed by atoms with Gasteiger partial charge < -0.3 is 5.32 Å². The third kappa shape index (κ3) is 3.78. The van der Waals surface area contributed by atoms with Crippen LogP contribution in [0.1, 0.15) is 23.3 Å². The van der Waals surface area contributed by atoms with E-state index in [4.69, 9.17) is 0 Å². The molecule has 2 aromatic rings. The van der Waals surface area contributed by atoms with Crippen LogP contribution < -0.4 is 5.32 Å². The summed E-state index contributed by atoms with van der Waals surface area (Å²) in [6.45, 7) is 1.97. The van der Waals surface area contributed by atoms with E-state index in [1.165, 1.54) is 4.68 Å². The summed E-state index contributed by atoms with van der Waals surface area (Å²) >= 11 is 0.909. The van der Waals surface area contributed by atoms with E-state index in [0.29, 0.717) is 17.1 Å². The number of rotatable bonds is 6. The normalized spacial score (nSPS) is 11.7. The Bertz CT molecular complexity index is 710. The largest absolute Gasteiger partial charge is 0.434 e. The molecule has 126 valence electrons. The Morgan fingerprint density at radius 3 is 2.70 bits per heavy atom.